The van der Waals surface area contributed by atoms with Gasteiger partial charge in [0.05, 0.1) is 28.1 Å². The van der Waals surface area contributed by atoms with E-state index in [1.807, 2.05) is 17.0 Å². The maximum atomic E-state index is 13.9. The lowest BCUT2D eigenvalue weighted by Crippen LogP contribution is -2.39. The summed E-state index contributed by atoms with van der Waals surface area (Å²) in [6, 6.07) is 9.50. The van der Waals surface area contributed by atoms with Gasteiger partial charge in [-0.3, -0.25) is 14.3 Å². The first-order chi connectivity index (χ1) is 22.7. The number of ether oxygens (including phenoxy) is 1. The Morgan fingerprint density at radius 1 is 0.938 bits per heavy atom. The Labute approximate surface area is 279 Å². The number of sulfonamides is 1. The molecule has 0 unspecified atom stereocenters. The first-order valence-electron chi connectivity index (χ1n) is 16.6. The van der Waals surface area contributed by atoms with Gasteiger partial charge in [0.15, 0.2) is 0 Å². The fourth-order valence-corrected chi connectivity index (χ4v) is 7.44. The smallest absolute Gasteiger partial charge is 0.323 e. The second-order valence-electron chi connectivity index (χ2n) is 13.8. The monoisotopic (exact) mass is 686 g/mol. The van der Waals surface area contributed by atoms with Gasteiger partial charge in [0.2, 0.25) is 10.0 Å². The predicted octanol–water partition coefficient (Wildman–Crippen LogP) is 5.30. The van der Waals surface area contributed by atoms with Crippen molar-refractivity contribution in [3.8, 4) is 0 Å². The summed E-state index contributed by atoms with van der Waals surface area (Å²) in [7, 11) is -3.89. The summed E-state index contributed by atoms with van der Waals surface area (Å²) in [5, 5.41) is 3.86. The topological polar surface area (TPSA) is 150 Å². The molecule has 3 fully saturated rings. The molecule has 3 aromatic rings. The number of carbonyl (C=O) groups excluding carboxylic acids is 2. The van der Waals surface area contributed by atoms with E-state index in [0.29, 0.717) is 22.4 Å². The molecule has 1 atom stereocenters. The Balaban J connectivity index is 1.21. The molecule has 0 bridgehead atoms. The Morgan fingerprint density at radius 2 is 1.58 bits per heavy atom. The van der Waals surface area contributed by atoms with Gasteiger partial charge in [-0.25, -0.2) is 17.2 Å². The van der Waals surface area contributed by atoms with Crippen molar-refractivity contribution in [1.82, 2.24) is 4.98 Å². The highest BCUT2D eigenvalue weighted by Crippen LogP contribution is 2.54. The van der Waals surface area contributed by atoms with Crippen LogP contribution in [0.2, 0.25) is 0 Å². The number of hydrogen-bond acceptors (Lipinski definition) is 8. The van der Waals surface area contributed by atoms with Crippen LogP contribution in [0.1, 0.15) is 62.7 Å². The number of fused-ring (bicyclic) bond motifs is 1. The van der Waals surface area contributed by atoms with Crippen molar-refractivity contribution in [3.63, 3.8) is 0 Å². The molecule has 1 aliphatic carbocycles. The molecule has 2 aliphatic heterocycles. The number of rotatable bonds is 11. The molecule has 1 amide bonds. The van der Waals surface area contributed by atoms with Crippen molar-refractivity contribution >= 4 is 55.6 Å². The fourth-order valence-electron chi connectivity index (χ4n) is 6.55. The van der Waals surface area contributed by atoms with Gasteiger partial charge >= 0.3 is 5.97 Å². The van der Waals surface area contributed by atoms with Crippen LogP contribution in [0.5, 0.6) is 0 Å². The van der Waals surface area contributed by atoms with Crippen LogP contribution in [0.25, 0.3) is 10.9 Å². The number of carbonyl (C=O) groups is 2. The number of nitrogens with zero attached hydrogens (tertiary/aromatic N) is 2. The Bertz CT molecular complexity index is 1770. The molecule has 1 saturated carbocycles. The predicted molar refractivity (Wildman–Crippen MR) is 183 cm³/mol. The zero-order chi connectivity index (χ0) is 34.3. The Kier molecular flexibility index (Phi) is 9.33. The molecule has 6 rings (SSSR count). The van der Waals surface area contributed by atoms with Crippen LogP contribution < -0.4 is 25.6 Å². The molecule has 2 saturated heterocycles. The molecule has 14 heteroatoms. The number of nitrogens with two attached hydrogens (primary N) is 1. The van der Waals surface area contributed by atoms with Crippen molar-refractivity contribution in [3.05, 3.63) is 48.2 Å². The minimum absolute atomic E-state index is 0.143. The molecule has 11 nitrogen and oxygen atoms in total. The lowest BCUT2D eigenvalue weighted by molar-refractivity contribution is -0.145. The zero-order valence-electron chi connectivity index (χ0n) is 27.4. The van der Waals surface area contributed by atoms with Gasteiger partial charge in [-0.05, 0) is 73.4 Å². The molecule has 5 N–H and O–H groups in total. The average molecular weight is 687 g/mol. The number of halogens is 2. The van der Waals surface area contributed by atoms with E-state index in [-0.39, 0.29) is 50.1 Å². The third-order valence-corrected chi connectivity index (χ3v) is 11.2. The Morgan fingerprint density at radius 3 is 2.25 bits per heavy atom. The number of aromatic nitrogens is 1. The number of anilines is 4. The van der Waals surface area contributed by atoms with Crippen molar-refractivity contribution < 1.29 is 31.5 Å². The Hall–Kier alpha value is -3.91. The first kappa shape index (κ1) is 34.0. The van der Waals surface area contributed by atoms with E-state index in [9.17, 15) is 26.8 Å². The standard InChI is InChI=1S/C34H44F2N6O5S/c1-22(2)29(37)32(44)47-17-18-48(45,46)40-24-3-4-26(27(20-24)41-13-8-33(6-7-33)9-14-41)31(43)39-25-19-23-5-12-38-30(23)28(21-25)42-15-10-34(35,36)11-16-42/h3-5,12,19-22,29,38,40H,6-11,13-18,37H2,1-2H3,(H,39,43)/t29-/m0/s1. The number of aromatic amines is 1. The summed E-state index contributed by atoms with van der Waals surface area (Å²) in [5.41, 5.74) is 9.55. The highest BCUT2D eigenvalue weighted by Gasteiger charge is 2.44. The van der Waals surface area contributed by atoms with Crippen molar-refractivity contribution in [2.24, 2.45) is 17.1 Å². The zero-order valence-corrected chi connectivity index (χ0v) is 28.2. The number of hydrogen-bond donors (Lipinski definition) is 4. The number of nitrogens with one attached hydrogen (secondary N) is 3. The van der Waals surface area contributed by atoms with E-state index in [0.717, 1.165) is 42.5 Å². The van der Waals surface area contributed by atoms with Gasteiger partial charge < -0.3 is 30.6 Å². The molecule has 3 heterocycles. The van der Waals surface area contributed by atoms with Crippen molar-refractivity contribution in [1.29, 1.82) is 0 Å². The third-order valence-electron chi connectivity index (χ3n) is 9.96. The van der Waals surface area contributed by atoms with Crippen LogP contribution in [0.15, 0.2) is 42.6 Å². The second-order valence-corrected chi connectivity index (χ2v) is 15.7. The van der Waals surface area contributed by atoms with Gasteiger partial charge in [-0.15, -0.1) is 0 Å². The maximum absolute atomic E-state index is 13.9. The summed E-state index contributed by atoms with van der Waals surface area (Å²) in [6.07, 6.45) is 5.72. The maximum Gasteiger partial charge on any atom is 0.323 e. The van der Waals surface area contributed by atoms with E-state index in [1.165, 1.54) is 18.9 Å². The van der Waals surface area contributed by atoms with Crippen LogP contribution in [0, 0.1) is 11.3 Å². The minimum atomic E-state index is -3.89. The van der Waals surface area contributed by atoms with Crippen LogP contribution in [-0.4, -0.2) is 75.8 Å². The average Bonchev–Trinajstić information content (AvgIpc) is 3.61. The largest absolute Gasteiger partial charge is 0.463 e. The highest BCUT2D eigenvalue weighted by molar-refractivity contribution is 7.92. The van der Waals surface area contributed by atoms with Crippen molar-refractivity contribution in [2.75, 3.05) is 58.4 Å². The lowest BCUT2D eigenvalue weighted by atomic mass is 9.93. The van der Waals surface area contributed by atoms with Crippen LogP contribution in [0.3, 0.4) is 0 Å². The number of piperidine rings is 2. The number of alkyl halides is 2. The number of amides is 1. The van der Waals surface area contributed by atoms with Gasteiger partial charge in [0.1, 0.15) is 18.4 Å². The van der Waals surface area contributed by atoms with E-state index in [4.69, 9.17) is 10.5 Å². The minimum Gasteiger partial charge on any atom is -0.463 e. The van der Waals surface area contributed by atoms with Gasteiger partial charge in [-0.1, -0.05) is 13.8 Å². The summed E-state index contributed by atoms with van der Waals surface area (Å²) in [4.78, 5) is 33.2. The molecule has 2 aromatic carbocycles. The summed E-state index contributed by atoms with van der Waals surface area (Å²) >= 11 is 0. The van der Waals surface area contributed by atoms with Crippen LogP contribution >= 0.6 is 0 Å². The second kappa shape index (κ2) is 13.2. The van der Waals surface area contributed by atoms with Crippen molar-refractivity contribution in [2.45, 2.75) is 64.3 Å². The molecule has 1 aromatic heterocycles. The normalized spacial score (nSPS) is 19.4. The van der Waals surface area contributed by atoms with E-state index in [1.54, 1.807) is 38.2 Å². The van der Waals surface area contributed by atoms with Gasteiger partial charge in [0, 0.05) is 56.3 Å². The highest BCUT2D eigenvalue weighted by atomic mass is 32.2. The summed E-state index contributed by atoms with van der Waals surface area (Å²) in [6.45, 7) is 5.08. The molecule has 3 aliphatic rings. The lowest BCUT2D eigenvalue weighted by Gasteiger charge is -2.35. The first-order valence-corrected chi connectivity index (χ1v) is 18.3. The fraction of sp³-hybridized carbons (Fsp3) is 0.529. The number of benzene rings is 2. The quantitative estimate of drug-likeness (QED) is 0.199. The SMILES string of the molecule is CC(C)[C@H](N)C(=O)OCCS(=O)(=O)Nc1ccc(C(=O)Nc2cc(N3CCC(F)(F)CC3)c3[nH]ccc3c2)c(N2CCC3(CC2)CC3)c1. The van der Waals surface area contributed by atoms with E-state index >= 15 is 0 Å². The molecule has 0 radical (unpaired) electrons. The number of H-pyrrole nitrogens is 1. The van der Waals surface area contributed by atoms with E-state index in [2.05, 4.69) is 19.9 Å². The molecule has 48 heavy (non-hydrogen) atoms. The summed E-state index contributed by atoms with van der Waals surface area (Å²) in [5.74, 6) is -4.31. The molecular formula is C34H44F2N6O5S. The molecule has 260 valence electrons. The molecular weight excluding hydrogens is 642 g/mol. The number of esters is 1. The van der Waals surface area contributed by atoms with Gasteiger partial charge in [-0.2, -0.15) is 0 Å². The third kappa shape index (κ3) is 7.70. The van der Waals surface area contributed by atoms with Crippen LogP contribution in [0.4, 0.5) is 31.5 Å². The summed E-state index contributed by atoms with van der Waals surface area (Å²) < 4.78 is 61.4. The molecule has 1 spiro atoms. The van der Waals surface area contributed by atoms with Gasteiger partial charge in [0.25, 0.3) is 11.8 Å². The van der Waals surface area contributed by atoms with Crippen LogP contribution in [-0.2, 0) is 19.6 Å². The van der Waals surface area contributed by atoms with E-state index < -0.39 is 33.7 Å².